The third-order valence-corrected chi connectivity index (χ3v) is 18.3. The van der Waals surface area contributed by atoms with Crippen molar-refractivity contribution in [1.29, 1.82) is 0 Å². The Hall–Kier alpha value is -1.94. The van der Waals surface area contributed by atoms with Gasteiger partial charge in [0.25, 0.3) is 0 Å². The molecule has 0 amide bonds. The minimum absolute atomic E-state index is 0.101. The lowest BCUT2D eigenvalue weighted by Crippen LogP contribution is -2.30. The van der Waals surface area contributed by atoms with Crippen molar-refractivity contribution in [3.8, 4) is 0 Å². The lowest BCUT2D eigenvalue weighted by Gasteiger charge is -2.21. The molecule has 0 saturated carbocycles. The van der Waals surface area contributed by atoms with Crippen LogP contribution in [0.5, 0.6) is 0 Å². The van der Waals surface area contributed by atoms with E-state index in [0.29, 0.717) is 31.6 Å². The number of unbranched alkanes of at least 4 members (excludes halogenated alkanes) is 32. The summed E-state index contributed by atoms with van der Waals surface area (Å²) in [4.78, 5) is 72.5. The summed E-state index contributed by atoms with van der Waals surface area (Å²) in [5.41, 5.74) is 0. The summed E-state index contributed by atoms with van der Waals surface area (Å²) in [6.07, 6.45) is 41.9. The molecule has 0 aromatic rings. The Morgan fingerprint density at radius 2 is 0.539 bits per heavy atom. The molecule has 0 aliphatic heterocycles. The summed E-state index contributed by atoms with van der Waals surface area (Å²) in [5, 5.41) is 10.6. The normalized spacial score (nSPS) is 14.6. The van der Waals surface area contributed by atoms with Gasteiger partial charge in [0.2, 0.25) is 0 Å². The summed E-state index contributed by atoms with van der Waals surface area (Å²) >= 11 is 0. The van der Waals surface area contributed by atoms with Gasteiger partial charge in [0.15, 0.2) is 12.2 Å². The van der Waals surface area contributed by atoms with Crippen LogP contribution in [0.3, 0.4) is 0 Å². The molecule has 0 rings (SSSR count). The zero-order valence-corrected chi connectivity index (χ0v) is 59.8. The van der Waals surface area contributed by atoms with Crippen LogP contribution in [0.15, 0.2) is 0 Å². The van der Waals surface area contributed by atoms with Crippen molar-refractivity contribution >= 4 is 39.5 Å². The molecule has 0 aromatic heterocycles. The lowest BCUT2D eigenvalue weighted by atomic mass is 10.00. The Kier molecular flexibility index (Phi) is 58.5. The number of carbonyl (C=O) groups is 4. The van der Waals surface area contributed by atoms with Gasteiger partial charge in [-0.1, -0.05) is 293 Å². The van der Waals surface area contributed by atoms with Gasteiger partial charge < -0.3 is 33.8 Å². The zero-order valence-electron chi connectivity index (χ0n) is 58.1. The van der Waals surface area contributed by atoms with E-state index < -0.39 is 97.5 Å². The van der Waals surface area contributed by atoms with E-state index in [1.165, 1.54) is 141 Å². The van der Waals surface area contributed by atoms with Crippen molar-refractivity contribution in [2.24, 2.45) is 23.7 Å². The zero-order chi connectivity index (χ0) is 66.1. The van der Waals surface area contributed by atoms with Crippen LogP contribution in [0, 0.1) is 23.7 Å². The molecule has 19 heteroatoms. The fraction of sp³-hybridized carbons (Fsp3) is 0.943. The number of aliphatic hydroxyl groups is 1. The molecule has 0 heterocycles. The first-order valence-corrected chi connectivity index (χ1v) is 39.2. The molecule has 0 spiro atoms. The van der Waals surface area contributed by atoms with Crippen molar-refractivity contribution in [3.05, 3.63) is 0 Å². The van der Waals surface area contributed by atoms with Gasteiger partial charge in [0.05, 0.1) is 26.4 Å². The molecule has 0 fully saturated rings. The van der Waals surface area contributed by atoms with Crippen LogP contribution in [0.25, 0.3) is 0 Å². The Labute approximate surface area is 543 Å². The first kappa shape index (κ1) is 87.1. The van der Waals surface area contributed by atoms with Crippen LogP contribution >= 0.6 is 15.6 Å². The summed E-state index contributed by atoms with van der Waals surface area (Å²) in [6.45, 7) is 14.0. The third-order valence-electron chi connectivity index (χ3n) is 16.4. The molecule has 0 bridgehead atoms. The minimum Gasteiger partial charge on any atom is -0.462 e. The molecule has 0 saturated heterocycles. The Bertz CT molecular complexity index is 1770. The molecule has 0 aromatic carbocycles. The number of rotatable bonds is 67. The average Bonchev–Trinajstić information content (AvgIpc) is 3.62. The maximum Gasteiger partial charge on any atom is 0.472 e. The molecule has 0 aliphatic rings. The van der Waals surface area contributed by atoms with Crippen LogP contribution in [0.4, 0.5) is 0 Å². The van der Waals surface area contributed by atoms with Crippen LogP contribution in [-0.2, 0) is 65.4 Å². The fourth-order valence-corrected chi connectivity index (χ4v) is 12.0. The Morgan fingerprint density at radius 3 is 0.798 bits per heavy atom. The number of esters is 4. The molecular weight excluding hydrogens is 1170 g/mol. The van der Waals surface area contributed by atoms with Crippen LogP contribution < -0.4 is 0 Å². The number of hydrogen-bond donors (Lipinski definition) is 3. The van der Waals surface area contributed by atoms with E-state index in [9.17, 15) is 43.2 Å². The van der Waals surface area contributed by atoms with Gasteiger partial charge in [-0.2, -0.15) is 0 Å². The van der Waals surface area contributed by atoms with E-state index in [1.54, 1.807) is 0 Å². The quantitative estimate of drug-likeness (QED) is 0.0222. The number of carbonyl (C=O) groups excluding carboxylic acids is 4. The van der Waals surface area contributed by atoms with E-state index in [4.69, 9.17) is 37.0 Å². The predicted octanol–water partition coefficient (Wildman–Crippen LogP) is 19.7. The summed E-state index contributed by atoms with van der Waals surface area (Å²) in [7, 11) is -9.90. The number of phosphoric acid groups is 2. The second-order valence-electron chi connectivity index (χ2n) is 26.9. The van der Waals surface area contributed by atoms with Crippen molar-refractivity contribution in [1.82, 2.24) is 0 Å². The maximum atomic E-state index is 13.0. The summed E-state index contributed by atoms with van der Waals surface area (Å²) in [6, 6.07) is 0. The van der Waals surface area contributed by atoms with E-state index in [-0.39, 0.29) is 25.7 Å². The van der Waals surface area contributed by atoms with Crippen LogP contribution in [0.2, 0.25) is 0 Å². The highest BCUT2D eigenvalue weighted by Crippen LogP contribution is 2.45. The molecule has 0 radical (unpaired) electrons. The Balaban J connectivity index is 5.24. The van der Waals surface area contributed by atoms with Crippen molar-refractivity contribution in [2.75, 3.05) is 39.6 Å². The monoisotopic (exact) mass is 1310 g/mol. The van der Waals surface area contributed by atoms with E-state index in [2.05, 4.69) is 55.4 Å². The third kappa shape index (κ3) is 63.2. The molecule has 528 valence electrons. The van der Waals surface area contributed by atoms with Crippen molar-refractivity contribution in [3.63, 3.8) is 0 Å². The van der Waals surface area contributed by atoms with Gasteiger partial charge >= 0.3 is 39.5 Å². The highest BCUT2D eigenvalue weighted by molar-refractivity contribution is 7.47. The number of aliphatic hydroxyl groups excluding tert-OH is 1. The van der Waals surface area contributed by atoms with Gasteiger partial charge in [-0.15, -0.1) is 0 Å². The smallest absolute Gasteiger partial charge is 0.462 e. The van der Waals surface area contributed by atoms with Gasteiger partial charge in [-0.3, -0.25) is 37.3 Å². The summed E-state index contributed by atoms with van der Waals surface area (Å²) < 4.78 is 68.2. The highest BCUT2D eigenvalue weighted by Gasteiger charge is 2.30. The Morgan fingerprint density at radius 1 is 0.315 bits per heavy atom. The molecule has 17 nitrogen and oxygen atoms in total. The minimum atomic E-state index is -4.95. The second-order valence-corrected chi connectivity index (χ2v) is 29.8. The van der Waals surface area contributed by atoms with E-state index >= 15 is 0 Å². The van der Waals surface area contributed by atoms with Crippen LogP contribution in [0.1, 0.15) is 344 Å². The van der Waals surface area contributed by atoms with E-state index in [0.717, 1.165) is 114 Å². The summed E-state index contributed by atoms with van der Waals surface area (Å²) in [5.74, 6) is 0.825. The average molecular weight is 1310 g/mol. The molecule has 0 aliphatic carbocycles. The maximum absolute atomic E-state index is 13.0. The van der Waals surface area contributed by atoms with Gasteiger partial charge in [0, 0.05) is 25.7 Å². The first-order chi connectivity index (χ1) is 42.6. The van der Waals surface area contributed by atoms with Gasteiger partial charge in [-0.05, 0) is 49.4 Å². The fourth-order valence-electron chi connectivity index (χ4n) is 10.5. The SMILES string of the molecule is CCC(C)CCCCCCCCC(=O)OC[C@H](COP(=O)(O)OC[C@H](O)COP(=O)(O)OC[C@@H](COC(=O)CCCCCCCCCCCCCCC(C)C)OC(=O)CCCCCCCCCCCCCCC(C)C)OC(=O)CCCCCCCCC(C)C. The highest BCUT2D eigenvalue weighted by atomic mass is 31.2. The molecule has 3 unspecified atom stereocenters. The molecule has 89 heavy (non-hydrogen) atoms. The second kappa shape index (κ2) is 59.8. The van der Waals surface area contributed by atoms with Crippen molar-refractivity contribution < 1.29 is 80.2 Å². The molecular formula is C70H136O17P2. The largest absolute Gasteiger partial charge is 0.472 e. The number of hydrogen-bond acceptors (Lipinski definition) is 15. The van der Waals surface area contributed by atoms with Gasteiger partial charge in [-0.25, -0.2) is 9.13 Å². The van der Waals surface area contributed by atoms with Crippen LogP contribution in [-0.4, -0.2) is 96.7 Å². The van der Waals surface area contributed by atoms with E-state index in [1.807, 2.05) is 0 Å². The first-order valence-electron chi connectivity index (χ1n) is 36.2. The molecule has 3 N–H and O–H groups in total. The lowest BCUT2D eigenvalue weighted by molar-refractivity contribution is -0.161. The van der Waals surface area contributed by atoms with Crippen molar-refractivity contribution in [2.45, 2.75) is 363 Å². The number of ether oxygens (including phenoxy) is 4. The molecule has 6 atom stereocenters. The predicted molar refractivity (Wildman–Crippen MR) is 358 cm³/mol. The van der Waals surface area contributed by atoms with Gasteiger partial charge in [0.1, 0.15) is 19.3 Å². The number of phosphoric ester groups is 2. The standard InChI is InChI=1S/C70H136O17P2/c1-9-63(8)49-41-33-27-29-35-43-51-68(73)81-57-66(87-70(75)53-45-37-28-26-32-40-48-62(6)7)59-85-89(78,79)83-55-64(71)54-82-88(76,77)84-58-65(86-69(74)52-44-36-25-21-17-13-11-15-19-23-31-39-47-61(4)5)56-80-67(72)50-42-34-24-20-16-12-10-14-18-22-30-38-46-60(2)3/h60-66,71H,9-59H2,1-8H3,(H,76,77)(H,78,79)/t63?,64-,65-,66-/m1/s1. The topological polar surface area (TPSA) is 237 Å².